The fraction of sp³-hybridized carbons (Fsp3) is 0.133. The number of aryl methyl sites for hydroxylation is 1. The fourth-order valence-electron chi connectivity index (χ4n) is 2.23. The Morgan fingerprint density at radius 1 is 1.17 bits per heavy atom. The monoisotopic (exact) mass is 238 g/mol. The van der Waals surface area contributed by atoms with Crippen molar-refractivity contribution in [3.63, 3.8) is 0 Å². The van der Waals surface area contributed by atoms with Crippen LogP contribution in [0.5, 0.6) is 0 Å². The Hall–Kier alpha value is -2.13. The number of hydrogen-bond acceptors (Lipinski definition) is 3. The van der Waals surface area contributed by atoms with Crippen LogP contribution < -0.4 is 5.73 Å². The number of benzene rings is 1. The minimum Gasteiger partial charge on any atom is -0.467 e. The minimum atomic E-state index is -0.279. The van der Waals surface area contributed by atoms with E-state index in [4.69, 9.17) is 10.2 Å². The Morgan fingerprint density at radius 2 is 2.00 bits per heavy atom. The zero-order chi connectivity index (χ0) is 12.5. The number of fused-ring (bicyclic) bond motifs is 1. The highest BCUT2D eigenvalue weighted by Crippen LogP contribution is 2.28. The second-order valence-corrected chi connectivity index (χ2v) is 4.40. The quantitative estimate of drug-likeness (QED) is 0.746. The van der Waals surface area contributed by atoms with E-state index in [2.05, 4.69) is 11.1 Å². The van der Waals surface area contributed by atoms with Crippen molar-refractivity contribution in [2.45, 2.75) is 13.0 Å². The molecule has 2 heterocycles. The maximum Gasteiger partial charge on any atom is 0.127 e. The molecule has 2 N–H and O–H groups in total. The predicted molar refractivity (Wildman–Crippen MR) is 71.2 cm³/mol. The summed E-state index contributed by atoms with van der Waals surface area (Å²) in [6.45, 7) is 2.00. The van der Waals surface area contributed by atoms with Crippen molar-refractivity contribution in [1.82, 2.24) is 4.98 Å². The molecule has 0 fully saturated rings. The molecule has 0 aliphatic rings. The molecular formula is C15H14N2O. The first kappa shape index (κ1) is 11.0. The van der Waals surface area contributed by atoms with Crippen LogP contribution in [0, 0.1) is 6.92 Å². The van der Waals surface area contributed by atoms with Gasteiger partial charge in [0.1, 0.15) is 5.76 Å². The minimum absolute atomic E-state index is 0.279. The molecule has 1 aromatic carbocycles. The third-order valence-corrected chi connectivity index (χ3v) is 3.22. The maximum atomic E-state index is 6.29. The van der Waals surface area contributed by atoms with Gasteiger partial charge in [0.05, 0.1) is 12.3 Å². The average Bonchev–Trinajstić information content (AvgIpc) is 2.83. The number of furan rings is 1. The zero-order valence-corrected chi connectivity index (χ0v) is 10.1. The number of aromatic nitrogens is 1. The van der Waals surface area contributed by atoms with Gasteiger partial charge in [-0.1, -0.05) is 24.3 Å². The molecule has 0 saturated heterocycles. The van der Waals surface area contributed by atoms with Crippen molar-refractivity contribution in [1.29, 1.82) is 0 Å². The lowest BCUT2D eigenvalue weighted by Crippen LogP contribution is -2.12. The first-order chi connectivity index (χ1) is 8.77. The van der Waals surface area contributed by atoms with Gasteiger partial charge in [-0.2, -0.15) is 0 Å². The Labute approximate surface area is 105 Å². The molecule has 3 rings (SSSR count). The van der Waals surface area contributed by atoms with E-state index in [0.717, 1.165) is 27.7 Å². The lowest BCUT2D eigenvalue weighted by molar-refractivity contribution is 0.487. The highest BCUT2D eigenvalue weighted by atomic mass is 16.3. The van der Waals surface area contributed by atoms with Gasteiger partial charge in [-0.05, 0) is 23.9 Å². The van der Waals surface area contributed by atoms with Crippen molar-refractivity contribution in [3.8, 4) is 0 Å². The highest BCUT2D eigenvalue weighted by molar-refractivity contribution is 5.85. The molecular weight excluding hydrogens is 224 g/mol. The van der Waals surface area contributed by atoms with Crippen molar-refractivity contribution in [2.24, 2.45) is 5.73 Å². The van der Waals surface area contributed by atoms with Gasteiger partial charge in [-0.25, -0.2) is 0 Å². The number of rotatable bonds is 2. The molecule has 2 aromatic heterocycles. The van der Waals surface area contributed by atoms with E-state index in [1.165, 1.54) is 0 Å². The topological polar surface area (TPSA) is 52.0 Å². The Kier molecular flexibility index (Phi) is 2.61. The van der Waals surface area contributed by atoms with Crippen LogP contribution in [-0.4, -0.2) is 4.98 Å². The molecule has 3 heteroatoms. The molecule has 1 unspecified atom stereocenters. The lowest BCUT2D eigenvalue weighted by atomic mass is 9.99. The largest absolute Gasteiger partial charge is 0.467 e. The summed E-state index contributed by atoms with van der Waals surface area (Å²) in [6.07, 6.45) is 5.33. The third-order valence-electron chi connectivity index (χ3n) is 3.22. The van der Waals surface area contributed by atoms with Crippen LogP contribution in [-0.2, 0) is 0 Å². The van der Waals surface area contributed by atoms with Gasteiger partial charge in [-0.3, -0.25) is 4.98 Å². The van der Waals surface area contributed by atoms with E-state index in [9.17, 15) is 0 Å². The summed E-state index contributed by atoms with van der Waals surface area (Å²) < 4.78 is 5.48. The summed E-state index contributed by atoms with van der Waals surface area (Å²) in [5, 5.41) is 2.21. The van der Waals surface area contributed by atoms with Crippen LogP contribution in [0.1, 0.15) is 22.9 Å². The van der Waals surface area contributed by atoms with Crippen molar-refractivity contribution in [3.05, 3.63) is 65.9 Å². The summed E-state index contributed by atoms with van der Waals surface area (Å²) in [4.78, 5) is 4.25. The van der Waals surface area contributed by atoms with Crippen LogP contribution in [0.4, 0.5) is 0 Å². The first-order valence-corrected chi connectivity index (χ1v) is 5.89. The highest BCUT2D eigenvalue weighted by Gasteiger charge is 2.17. The molecule has 0 spiro atoms. The molecule has 90 valence electrons. The molecule has 0 aliphatic carbocycles. The molecule has 18 heavy (non-hydrogen) atoms. The first-order valence-electron chi connectivity index (χ1n) is 5.89. The Bertz CT molecular complexity index is 682. The van der Waals surface area contributed by atoms with Crippen molar-refractivity contribution >= 4 is 10.8 Å². The Balaban J connectivity index is 2.18. The smallest absolute Gasteiger partial charge is 0.127 e. The summed E-state index contributed by atoms with van der Waals surface area (Å²) in [5.74, 6) is 0.799. The van der Waals surface area contributed by atoms with E-state index in [-0.39, 0.29) is 6.04 Å². The number of nitrogens with zero attached hydrogens (tertiary/aromatic N) is 1. The van der Waals surface area contributed by atoms with Crippen LogP contribution in [0.15, 0.2) is 53.4 Å². The predicted octanol–water partition coefficient (Wildman–Crippen LogP) is 3.18. The Morgan fingerprint density at radius 3 is 2.78 bits per heavy atom. The standard InChI is InChI=1S/C15H14N2O/c1-10-6-7-18-15(10)14(16)13-9-17-8-11-4-2-3-5-12(11)13/h2-9,14H,16H2,1H3. The van der Waals surface area contributed by atoms with Crippen molar-refractivity contribution < 1.29 is 4.42 Å². The third kappa shape index (κ3) is 1.69. The zero-order valence-electron chi connectivity index (χ0n) is 10.1. The number of nitrogens with two attached hydrogens (primary N) is 1. The molecule has 1 atom stereocenters. The van der Waals surface area contributed by atoms with Gasteiger partial charge in [0, 0.05) is 23.3 Å². The molecule has 0 bridgehead atoms. The molecule has 0 saturated carbocycles. The second-order valence-electron chi connectivity index (χ2n) is 4.40. The van der Waals surface area contributed by atoms with E-state index < -0.39 is 0 Å². The summed E-state index contributed by atoms with van der Waals surface area (Å²) in [5.41, 5.74) is 8.35. The molecule has 0 radical (unpaired) electrons. The van der Waals surface area contributed by atoms with Gasteiger partial charge >= 0.3 is 0 Å². The van der Waals surface area contributed by atoms with Crippen molar-refractivity contribution in [2.75, 3.05) is 0 Å². The van der Waals surface area contributed by atoms with Gasteiger partial charge in [-0.15, -0.1) is 0 Å². The van der Waals surface area contributed by atoms with Gasteiger partial charge in [0.25, 0.3) is 0 Å². The summed E-state index contributed by atoms with van der Waals surface area (Å²) in [6, 6.07) is 9.75. The molecule has 3 nitrogen and oxygen atoms in total. The van der Waals surface area contributed by atoms with E-state index in [0.29, 0.717) is 0 Å². The second kappa shape index (κ2) is 4.27. The molecule has 3 aromatic rings. The van der Waals surface area contributed by atoms with Gasteiger partial charge in [0.15, 0.2) is 0 Å². The average molecular weight is 238 g/mol. The molecule has 0 aliphatic heterocycles. The molecule has 0 amide bonds. The van der Waals surface area contributed by atoms with Crippen LogP contribution in [0.2, 0.25) is 0 Å². The van der Waals surface area contributed by atoms with Crippen LogP contribution in [0.25, 0.3) is 10.8 Å². The van der Waals surface area contributed by atoms with Crippen LogP contribution >= 0.6 is 0 Å². The van der Waals surface area contributed by atoms with Gasteiger partial charge < -0.3 is 10.2 Å². The summed E-state index contributed by atoms with van der Waals surface area (Å²) in [7, 11) is 0. The maximum absolute atomic E-state index is 6.29. The lowest BCUT2D eigenvalue weighted by Gasteiger charge is -2.12. The number of pyridine rings is 1. The van der Waals surface area contributed by atoms with E-state index in [1.54, 1.807) is 6.26 Å². The summed E-state index contributed by atoms with van der Waals surface area (Å²) >= 11 is 0. The van der Waals surface area contributed by atoms with Gasteiger partial charge in [0.2, 0.25) is 0 Å². The number of hydrogen-bond donors (Lipinski definition) is 1. The van der Waals surface area contributed by atoms with E-state index in [1.807, 2.05) is 43.6 Å². The SMILES string of the molecule is Cc1ccoc1C(N)c1cncc2ccccc12. The van der Waals surface area contributed by atoms with Crippen LogP contribution in [0.3, 0.4) is 0 Å². The fourth-order valence-corrected chi connectivity index (χ4v) is 2.23. The van der Waals surface area contributed by atoms with E-state index >= 15 is 0 Å². The normalized spacial score (nSPS) is 12.8.